The first-order chi connectivity index (χ1) is 11.0. The van der Waals surface area contributed by atoms with Crippen LogP contribution in [-0.4, -0.2) is 15.8 Å². The molecule has 1 aliphatic carbocycles. The van der Waals surface area contributed by atoms with Crippen LogP contribution in [0.1, 0.15) is 27.2 Å². The van der Waals surface area contributed by atoms with Crippen LogP contribution in [0.4, 0.5) is 0 Å². The van der Waals surface area contributed by atoms with Crippen LogP contribution >= 0.6 is 23.6 Å². The summed E-state index contributed by atoms with van der Waals surface area (Å²) in [4.78, 5) is 26.3. The molecule has 0 atom stereocenters. The van der Waals surface area contributed by atoms with Crippen molar-refractivity contribution < 1.29 is 9.53 Å². The van der Waals surface area contributed by atoms with E-state index in [0.29, 0.717) is 39.0 Å². The summed E-state index contributed by atoms with van der Waals surface area (Å²) >= 11 is 6.63. The second-order valence-electron chi connectivity index (χ2n) is 4.95. The van der Waals surface area contributed by atoms with Crippen molar-refractivity contribution in [2.45, 2.75) is 12.8 Å². The molecule has 0 radical (unpaired) electrons. The van der Waals surface area contributed by atoms with Crippen molar-refractivity contribution in [2.75, 3.05) is 0 Å². The first-order valence-corrected chi connectivity index (χ1v) is 8.01. The number of nitrogens with one attached hydrogen (secondary N) is 1. The van der Waals surface area contributed by atoms with Crippen LogP contribution < -0.4 is 21.8 Å². The molecule has 0 aromatic carbocycles. The molecule has 0 unspecified atom stereocenters. The minimum atomic E-state index is -0.509. The summed E-state index contributed by atoms with van der Waals surface area (Å²) in [6.45, 7) is 0. The number of allylic oxidation sites excluding steroid dienone is 1. The van der Waals surface area contributed by atoms with Crippen LogP contribution in [0.15, 0.2) is 34.9 Å². The smallest absolute Gasteiger partial charge is 0.259 e. The summed E-state index contributed by atoms with van der Waals surface area (Å²) in [6, 6.07) is 2.90. The summed E-state index contributed by atoms with van der Waals surface area (Å²) in [5.41, 5.74) is 13.2. The monoisotopic (exact) mass is 347 g/mol. The molecule has 0 bridgehead atoms. The Morgan fingerprint density at radius 1 is 1.39 bits per heavy atom. The Hall–Kier alpha value is -2.45. The third kappa shape index (κ3) is 2.78. The van der Waals surface area contributed by atoms with E-state index in [4.69, 9.17) is 28.4 Å². The SMILES string of the molecule is NC=C1CCc2c(C(N)=O)sc(Oc3ccc(=O)[nH]c3)c2C1=S. The first kappa shape index (κ1) is 15.4. The summed E-state index contributed by atoms with van der Waals surface area (Å²) in [5.74, 6) is -0.0677. The van der Waals surface area contributed by atoms with E-state index in [2.05, 4.69) is 4.98 Å². The number of H-pyrrole nitrogens is 1. The number of rotatable bonds is 3. The Bertz CT molecular complexity index is 875. The van der Waals surface area contributed by atoms with Gasteiger partial charge in [0, 0.05) is 12.3 Å². The number of hydrogen-bond donors (Lipinski definition) is 3. The first-order valence-electron chi connectivity index (χ1n) is 6.78. The summed E-state index contributed by atoms with van der Waals surface area (Å²) in [7, 11) is 0. The Morgan fingerprint density at radius 2 is 2.17 bits per heavy atom. The highest BCUT2D eigenvalue weighted by atomic mass is 32.1. The van der Waals surface area contributed by atoms with Gasteiger partial charge in [-0.25, -0.2) is 0 Å². The number of primary amides is 1. The molecule has 1 aliphatic rings. The Balaban J connectivity index is 2.10. The fraction of sp³-hybridized carbons (Fsp3) is 0.133. The maximum Gasteiger partial charge on any atom is 0.259 e. The van der Waals surface area contributed by atoms with Gasteiger partial charge in [0.05, 0.1) is 15.3 Å². The number of fused-ring (bicyclic) bond motifs is 1. The maximum absolute atomic E-state index is 11.7. The number of aromatic nitrogens is 1. The minimum Gasteiger partial charge on any atom is -0.444 e. The van der Waals surface area contributed by atoms with Crippen molar-refractivity contribution in [3.05, 3.63) is 56.5 Å². The molecular weight excluding hydrogens is 334 g/mol. The highest BCUT2D eigenvalue weighted by Gasteiger charge is 2.30. The van der Waals surface area contributed by atoms with Gasteiger partial charge < -0.3 is 21.2 Å². The van der Waals surface area contributed by atoms with E-state index in [9.17, 15) is 9.59 Å². The number of ether oxygens (including phenoxy) is 1. The molecule has 0 saturated heterocycles. The van der Waals surface area contributed by atoms with Crippen LogP contribution in [0, 0.1) is 0 Å². The average Bonchev–Trinajstić information content (AvgIpc) is 2.90. The fourth-order valence-corrected chi connectivity index (χ4v) is 3.97. The number of thiocarbonyl (C=S) groups is 1. The third-order valence-corrected chi connectivity index (χ3v) is 5.12. The Kier molecular flexibility index (Phi) is 4.01. The molecule has 8 heteroatoms. The molecule has 0 fully saturated rings. The van der Waals surface area contributed by atoms with Crippen molar-refractivity contribution >= 4 is 34.3 Å². The number of carbonyl (C=O) groups excluding carboxylic acids is 1. The van der Waals surface area contributed by atoms with Gasteiger partial charge in [-0.15, -0.1) is 0 Å². The fourth-order valence-electron chi connectivity index (χ4n) is 2.44. The highest BCUT2D eigenvalue weighted by molar-refractivity contribution is 7.81. The topological polar surface area (TPSA) is 111 Å². The van der Waals surface area contributed by atoms with Crippen molar-refractivity contribution in [1.29, 1.82) is 0 Å². The second-order valence-corrected chi connectivity index (χ2v) is 6.34. The molecule has 1 amide bonds. The van der Waals surface area contributed by atoms with E-state index >= 15 is 0 Å². The van der Waals surface area contributed by atoms with E-state index < -0.39 is 5.91 Å². The average molecular weight is 347 g/mol. The lowest BCUT2D eigenvalue weighted by molar-refractivity contribution is 0.100. The predicted molar refractivity (Wildman–Crippen MR) is 92.3 cm³/mol. The summed E-state index contributed by atoms with van der Waals surface area (Å²) in [6.07, 6.45) is 4.22. The van der Waals surface area contributed by atoms with Crippen LogP contribution in [-0.2, 0) is 6.42 Å². The van der Waals surface area contributed by atoms with Crippen molar-refractivity contribution in [3.63, 3.8) is 0 Å². The number of hydrogen-bond acceptors (Lipinski definition) is 6. The highest BCUT2D eigenvalue weighted by Crippen LogP contribution is 2.43. The second kappa shape index (κ2) is 5.98. The molecule has 0 spiro atoms. The molecule has 2 aromatic heterocycles. The molecule has 2 heterocycles. The van der Waals surface area contributed by atoms with Crippen LogP contribution in [0.5, 0.6) is 10.8 Å². The van der Waals surface area contributed by atoms with Crippen molar-refractivity contribution in [2.24, 2.45) is 11.5 Å². The number of amides is 1. The van der Waals surface area contributed by atoms with Gasteiger partial charge in [-0.05, 0) is 36.2 Å². The predicted octanol–water partition coefficient (Wildman–Crippen LogP) is 1.83. The molecule has 118 valence electrons. The van der Waals surface area contributed by atoms with E-state index in [1.807, 2.05) is 0 Å². The van der Waals surface area contributed by atoms with Gasteiger partial charge in [0.25, 0.3) is 5.91 Å². The van der Waals surface area contributed by atoms with Crippen LogP contribution in [0.3, 0.4) is 0 Å². The van der Waals surface area contributed by atoms with Crippen molar-refractivity contribution in [3.8, 4) is 10.8 Å². The normalized spacial score (nSPS) is 15.5. The lowest BCUT2D eigenvalue weighted by Crippen LogP contribution is -2.17. The quantitative estimate of drug-likeness (QED) is 0.579. The largest absolute Gasteiger partial charge is 0.444 e. The van der Waals surface area contributed by atoms with E-state index in [1.165, 1.54) is 18.5 Å². The van der Waals surface area contributed by atoms with Gasteiger partial charge in [0.1, 0.15) is 5.75 Å². The van der Waals surface area contributed by atoms with Gasteiger partial charge >= 0.3 is 0 Å². The van der Waals surface area contributed by atoms with E-state index in [0.717, 1.165) is 22.5 Å². The third-order valence-electron chi connectivity index (χ3n) is 3.53. The molecule has 6 nitrogen and oxygen atoms in total. The molecule has 23 heavy (non-hydrogen) atoms. The van der Waals surface area contributed by atoms with Crippen molar-refractivity contribution in [1.82, 2.24) is 4.98 Å². The van der Waals surface area contributed by atoms with Gasteiger partial charge in [-0.2, -0.15) is 0 Å². The summed E-state index contributed by atoms with van der Waals surface area (Å²) in [5, 5.41) is 0.477. The molecule has 0 saturated carbocycles. The maximum atomic E-state index is 11.7. The van der Waals surface area contributed by atoms with Gasteiger partial charge in [0.15, 0.2) is 5.06 Å². The van der Waals surface area contributed by atoms with Gasteiger partial charge in [-0.3, -0.25) is 9.59 Å². The lowest BCUT2D eigenvalue weighted by Gasteiger charge is -2.18. The Labute approximate surface area is 140 Å². The number of carbonyl (C=O) groups is 1. The van der Waals surface area contributed by atoms with Crippen LogP contribution in [0.2, 0.25) is 0 Å². The number of aromatic amines is 1. The zero-order valence-electron chi connectivity index (χ0n) is 11.9. The molecular formula is C15H13N3O3S2. The number of thiophene rings is 1. The number of pyridine rings is 1. The van der Waals surface area contributed by atoms with Gasteiger partial charge in [-0.1, -0.05) is 23.6 Å². The van der Waals surface area contributed by atoms with Crippen LogP contribution in [0.25, 0.3) is 0 Å². The molecule has 3 rings (SSSR count). The standard InChI is InChI=1S/C15H13N3O3S2/c16-5-7-1-3-9-11(12(7)22)15(23-13(9)14(17)20)21-8-2-4-10(19)18-6-8/h2,4-6H,1,3,16H2,(H2,17,20)(H,18,19). The molecule has 5 N–H and O–H groups in total. The Morgan fingerprint density at radius 3 is 2.78 bits per heavy atom. The van der Waals surface area contributed by atoms with E-state index in [-0.39, 0.29) is 5.56 Å². The number of nitrogens with two attached hydrogens (primary N) is 2. The molecule has 2 aromatic rings. The summed E-state index contributed by atoms with van der Waals surface area (Å²) < 4.78 is 5.81. The minimum absolute atomic E-state index is 0.229. The lowest BCUT2D eigenvalue weighted by atomic mass is 9.89. The van der Waals surface area contributed by atoms with Gasteiger partial charge in [0.2, 0.25) is 5.56 Å². The zero-order valence-corrected chi connectivity index (χ0v) is 13.6. The van der Waals surface area contributed by atoms with E-state index in [1.54, 1.807) is 6.07 Å². The molecule has 0 aliphatic heterocycles. The zero-order chi connectivity index (χ0) is 16.6.